The Bertz CT molecular complexity index is 704. The van der Waals surface area contributed by atoms with Gasteiger partial charge in [-0.15, -0.1) is 0 Å². The molecule has 6 nitrogen and oxygen atoms in total. The van der Waals surface area contributed by atoms with Gasteiger partial charge in [-0.2, -0.15) is 0 Å². The van der Waals surface area contributed by atoms with Gasteiger partial charge in [-0.25, -0.2) is 0 Å². The number of morpholine rings is 1. The molecule has 2 N–H and O–H groups in total. The first kappa shape index (κ1) is 21.8. The van der Waals surface area contributed by atoms with E-state index in [4.69, 9.17) is 4.74 Å². The summed E-state index contributed by atoms with van der Waals surface area (Å²) >= 11 is 0. The van der Waals surface area contributed by atoms with Gasteiger partial charge in [-0.1, -0.05) is 31.2 Å². The summed E-state index contributed by atoms with van der Waals surface area (Å²) in [6, 6.07) is 8.44. The van der Waals surface area contributed by atoms with Gasteiger partial charge >= 0.3 is 0 Å². The summed E-state index contributed by atoms with van der Waals surface area (Å²) in [5.41, 5.74) is 1.72. The topological polar surface area (TPSA) is 65.0 Å². The molecule has 3 atom stereocenters. The van der Waals surface area contributed by atoms with E-state index >= 15 is 0 Å². The second-order valence-electron chi connectivity index (χ2n) is 9.24. The lowest BCUT2D eigenvalue weighted by Gasteiger charge is -2.53. The Balaban J connectivity index is 1.44. The number of likely N-dealkylation sites (tertiary alicyclic amines) is 1. The van der Waals surface area contributed by atoms with Crippen molar-refractivity contribution in [3.05, 3.63) is 35.4 Å². The van der Waals surface area contributed by atoms with Crippen LogP contribution in [-0.2, 0) is 22.7 Å². The number of carbonyl (C=O) groups excluding carboxylic acids is 1. The lowest BCUT2D eigenvalue weighted by molar-refractivity contribution is -0.145. The Morgan fingerprint density at radius 3 is 2.60 bits per heavy atom. The van der Waals surface area contributed by atoms with Gasteiger partial charge in [-0.3, -0.25) is 9.69 Å². The zero-order chi connectivity index (χ0) is 21.0. The van der Waals surface area contributed by atoms with Gasteiger partial charge in [0, 0.05) is 32.2 Å². The maximum atomic E-state index is 13.6. The zero-order valence-electron chi connectivity index (χ0n) is 18.3. The predicted octanol–water partition coefficient (Wildman–Crippen LogP) is 2.01. The largest absolute Gasteiger partial charge is 0.392 e. The molecule has 4 rings (SSSR count). The van der Waals surface area contributed by atoms with Crippen molar-refractivity contribution in [2.45, 2.75) is 51.8 Å². The average Bonchev–Trinajstić information content (AvgIpc) is 2.82. The number of benzene rings is 1. The molecule has 30 heavy (non-hydrogen) atoms. The summed E-state index contributed by atoms with van der Waals surface area (Å²) in [4.78, 5) is 18.6. The summed E-state index contributed by atoms with van der Waals surface area (Å²) in [5, 5.41) is 12.5. The van der Waals surface area contributed by atoms with Gasteiger partial charge < -0.3 is 20.1 Å². The molecule has 1 saturated carbocycles. The van der Waals surface area contributed by atoms with Crippen molar-refractivity contribution in [2.75, 3.05) is 45.9 Å². The number of rotatable bonds is 6. The van der Waals surface area contributed by atoms with Crippen LogP contribution in [0.25, 0.3) is 0 Å². The van der Waals surface area contributed by atoms with Crippen molar-refractivity contribution in [1.29, 1.82) is 0 Å². The summed E-state index contributed by atoms with van der Waals surface area (Å²) in [7, 11) is 0. The van der Waals surface area contributed by atoms with Crippen molar-refractivity contribution < 1.29 is 14.6 Å². The highest BCUT2D eigenvalue weighted by atomic mass is 16.5. The fourth-order valence-electron chi connectivity index (χ4n) is 5.75. The number of hydrogen-bond acceptors (Lipinski definition) is 5. The number of ether oxygens (including phenoxy) is 1. The van der Waals surface area contributed by atoms with Gasteiger partial charge in [0.25, 0.3) is 0 Å². The van der Waals surface area contributed by atoms with E-state index in [2.05, 4.69) is 22.0 Å². The smallest absolute Gasteiger partial charge is 0.228 e. The van der Waals surface area contributed by atoms with Gasteiger partial charge in [0.05, 0.1) is 25.2 Å². The van der Waals surface area contributed by atoms with E-state index < -0.39 is 0 Å². The Hall–Kier alpha value is -1.47. The van der Waals surface area contributed by atoms with Crippen LogP contribution in [-0.4, -0.2) is 72.8 Å². The Morgan fingerprint density at radius 1 is 1.17 bits per heavy atom. The minimum Gasteiger partial charge on any atom is -0.392 e. The molecule has 2 aliphatic heterocycles. The highest BCUT2D eigenvalue weighted by Crippen LogP contribution is 2.47. The number of nitrogens with one attached hydrogen (secondary N) is 1. The highest BCUT2D eigenvalue weighted by molar-refractivity contribution is 5.83. The highest BCUT2D eigenvalue weighted by Gasteiger charge is 2.52. The molecule has 1 aromatic carbocycles. The van der Waals surface area contributed by atoms with Crippen LogP contribution in [0.3, 0.4) is 0 Å². The third kappa shape index (κ3) is 4.57. The number of aliphatic hydroxyl groups excluding tert-OH is 1. The number of amides is 1. The van der Waals surface area contributed by atoms with Gasteiger partial charge in [0.1, 0.15) is 0 Å². The molecule has 3 fully saturated rings. The van der Waals surface area contributed by atoms with E-state index in [9.17, 15) is 9.90 Å². The lowest BCUT2D eigenvalue weighted by Crippen LogP contribution is -2.60. The van der Waals surface area contributed by atoms with E-state index in [1.165, 1.54) is 0 Å². The first-order chi connectivity index (χ1) is 14.6. The monoisotopic (exact) mass is 415 g/mol. The SMILES string of the molecule is CCN1CC[C@@H]2C[C@@H](N3CCOCC3)CC[C@@]2(C(=O)NCc2ccc(CO)cc2)C1. The molecule has 1 aromatic rings. The second-order valence-corrected chi connectivity index (χ2v) is 9.24. The van der Waals surface area contributed by atoms with Gasteiger partial charge in [0.15, 0.2) is 0 Å². The first-order valence-electron chi connectivity index (χ1n) is 11.7. The summed E-state index contributed by atoms with van der Waals surface area (Å²) in [5.74, 6) is 0.691. The third-order valence-electron chi connectivity index (χ3n) is 7.68. The van der Waals surface area contributed by atoms with Crippen molar-refractivity contribution in [2.24, 2.45) is 11.3 Å². The molecule has 0 radical (unpaired) electrons. The molecule has 6 heteroatoms. The summed E-state index contributed by atoms with van der Waals surface area (Å²) in [6.07, 6.45) is 4.33. The van der Waals surface area contributed by atoms with Crippen LogP contribution in [0.2, 0.25) is 0 Å². The van der Waals surface area contributed by atoms with Crippen LogP contribution in [0, 0.1) is 11.3 Å². The molecule has 1 aliphatic carbocycles. The Kier molecular flexibility index (Phi) is 7.08. The number of fused-ring (bicyclic) bond motifs is 1. The number of carbonyl (C=O) groups is 1. The van der Waals surface area contributed by atoms with E-state index in [0.717, 1.165) is 82.7 Å². The molecule has 2 saturated heterocycles. The van der Waals surface area contributed by atoms with E-state index in [0.29, 0.717) is 18.5 Å². The number of nitrogens with zero attached hydrogens (tertiary/aromatic N) is 2. The van der Waals surface area contributed by atoms with Crippen molar-refractivity contribution in [1.82, 2.24) is 15.1 Å². The Labute approximate surface area is 180 Å². The number of hydrogen-bond donors (Lipinski definition) is 2. The fraction of sp³-hybridized carbons (Fsp3) is 0.708. The molecule has 166 valence electrons. The van der Waals surface area contributed by atoms with E-state index in [1.807, 2.05) is 24.3 Å². The third-order valence-corrected chi connectivity index (χ3v) is 7.68. The van der Waals surface area contributed by atoms with Crippen molar-refractivity contribution in [3.63, 3.8) is 0 Å². The maximum absolute atomic E-state index is 13.6. The van der Waals surface area contributed by atoms with E-state index in [1.54, 1.807) is 0 Å². The van der Waals surface area contributed by atoms with Crippen LogP contribution in [0.1, 0.15) is 43.7 Å². The maximum Gasteiger partial charge on any atom is 0.228 e. The predicted molar refractivity (Wildman–Crippen MR) is 117 cm³/mol. The van der Waals surface area contributed by atoms with E-state index in [-0.39, 0.29) is 17.9 Å². The van der Waals surface area contributed by atoms with Gasteiger partial charge in [-0.05, 0) is 55.8 Å². The minimum absolute atomic E-state index is 0.0502. The molecular formula is C24H37N3O3. The minimum atomic E-state index is -0.262. The molecule has 1 amide bonds. The van der Waals surface area contributed by atoms with Gasteiger partial charge in [0.2, 0.25) is 5.91 Å². The van der Waals surface area contributed by atoms with Crippen molar-refractivity contribution in [3.8, 4) is 0 Å². The quantitative estimate of drug-likeness (QED) is 0.744. The summed E-state index contributed by atoms with van der Waals surface area (Å²) < 4.78 is 5.55. The Morgan fingerprint density at radius 2 is 1.90 bits per heavy atom. The van der Waals surface area contributed by atoms with Crippen LogP contribution in [0.4, 0.5) is 0 Å². The normalized spacial score (nSPS) is 30.6. The summed E-state index contributed by atoms with van der Waals surface area (Å²) in [6.45, 7) is 9.55. The molecule has 0 aromatic heterocycles. The molecule has 0 unspecified atom stereocenters. The fourth-order valence-corrected chi connectivity index (χ4v) is 5.75. The molecule has 3 aliphatic rings. The lowest BCUT2D eigenvalue weighted by atomic mass is 9.61. The second kappa shape index (κ2) is 9.77. The zero-order valence-corrected chi connectivity index (χ0v) is 18.3. The number of piperidine rings is 1. The van der Waals surface area contributed by atoms with Crippen molar-refractivity contribution >= 4 is 5.91 Å². The molecule has 0 spiro atoms. The van der Waals surface area contributed by atoms with Crippen LogP contribution < -0.4 is 5.32 Å². The first-order valence-corrected chi connectivity index (χ1v) is 11.7. The van der Waals surface area contributed by atoms with Crippen LogP contribution in [0.5, 0.6) is 0 Å². The van der Waals surface area contributed by atoms with Crippen LogP contribution >= 0.6 is 0 Å². The molecular weight excluding hydrogens is 378 g/mol. The molecule has 2 heterocycles. The average molecular weight is 416 g/mol. The molecule has 0 bridgehead atoms. The standard InChI is InChI=1S/C24H37N3O3/c1-2-26-10-8-21-15-22(27-11-13-30-14-12-27)7-9-24(21,18-26)23(29)25-16-19-3-5-20(17-28)6-4-19/h3-6,21-22,28H,2,7-18H2,1H3,(H,25,29)/t21-,22+,24-/m1/s1. The van der Waals surface area contributed by atoms with Crippen LogP contribution in [0.15, 0.2) is 24.3 Å². The number of aliphatic hydroxyl groups is 1.